The summed E-state index contributed by atoms with van der Waals surface area (Å²) in [6, 6.07) is 0.965. The van der Waals surface area contributed by atoms with Crippen LogP contribution < -0.4 is 5.32 Å². The van der Waals surface area contributed by atoms with Crippen molar-refractivity contribution in [1.29, 1.82) is 0 Å². The Labute approximate surface area is 94.5 Å². The molecule has 2 N–H and O–H groups in total. The maximum atomic E-state index is 9.16. The third-order valence-corrected chi connectivity index (χ3v) is 3.85. The third kappa shape index (κ3) is 4.52. The minimum Gasteiger partial charge on any atom is -0.395 e. The normalized spacial score (nSPS) is 29.8. The number of aliphatic hydroxyl groups excluding tert-OH is 1. The molecule has 0 saturated heterocycles. The lowest BCUT2D eigenvalue weighted by Gasteiger charge is -2.22. The first-order chi connectivity index (χ1) is 7.30. The molecule has 0 aromatic rings. The predicted octanol–water partition coefficient (Wildman–Crippen LogP) is 2.71. The summed E-state index contributed by atoms with van der Waals surface area (Å²) in [5.41, 5.74) is 0. The van der Waals surface area contributed by atoms with Gasteiger partial charge in [0, 0.05) is 12.1 Å². The van der Waals surface area contributed by atoms with Crippen molar-refractivity contribution >= 4 is 0 Å². The second-order valence-corrected chi connectivity index (χ2v) is 4.93. The SMILES string of the molecule is CCC1CCCC(N[C@@H](CC)CO)CC1. The largest absolute Gasteiger partial charge is 0.395 e. The monoisotopic (exact) mass is 213 g/mol. The zero-order valence-electron chi connectivity index (χ0n) is 10.3. The van der Waals surface area contributed by atoms with Crippen LogP contribution in [0.15, 0.2) is 0 Å². The fourth-order valence-corrected chi connectivity index (χ4v) is 2.59. The van der Waals surface area contributed by atoms with Crippen LogP contribution >= 0.6 is 0 Å². The van der Waals surface area contributed by atoms with Crippen molar-refractivity contribution in [2.45, 2.75) is 70.9 Å². The Morgan fingerprint density at radius 3 is 2.60 bits per heavy atom. The van der Waals surface area contributed by atoms with Crippen molar-refractivity contribution in [3.8, 4) is 0 Å². The lowest BCUT2D eigenvalue weighted by Crippen LogP contribution is -2.39. The molecular weight excluding hydrogens is 186 g/mol. The van der Waals surface area contributed by atoms with E-state index in [1.807, 2.05) is 0 Å². The molecule has 0 bridgehead atoms. The fourth-order valence-electron chi connectivity index (χ4n) is 2.59. The van der Waals surface area contributed by atoms with E-state index in [4.69, 9.17) is 5.11 Å². The van der Waals surface area contributed by atoms with Gasteiger partial charge in [0.25, 0.3) is 0 Å². The molecule has 90 valence electrons. The molecule has 0 heterocycles. The summed E-state index contributed by atoms with van der Waals surface area (Å²) in [4.78, 5) is 0. The highest BCUT2D eigenvalue weighted by Gasteiger charge is 2.19. The van der Waals surface area contributed by atoms with E-state index in [0.29, 0.717) is 12.1 Å². The molecule has 15 heavy (non-hydrogen) atoms. The summed E-state index contributed by atoms with van der Waals surface area (Å²) in [6.07, 6.45) is 9.11. The Balaban J connectivity index is 2.30. The van der Waals surface area contributed by atoms with Gasteiger partial charge in [0.1, 0.15) is 0 Å². The second-order valence-electron chi connectivity index (χ2n) is 4.93. The molecular formula is C13H27NO. The van der Waals surface area contributed by atoms with Crippen LogP contribution in [0.25, 0.3) is 0 Å². The van der Waals surface area contributed by atoms with Crippen LogP contribution in [-0.4, -0.2) is 23.8 Å². The van der Waals surface area contributed by atoms with E-state index in [2.05, 4.69) is 19.2 Å². The highest BCUT2D eigenvalue weighted by molar-refractivity contribution is 4.77. The Morgan fingerprint density at radius 1 is 1.20 bits per heavy atom. The average Bonchev–Trinajstić information content (AvgIpc) is 2.50. The van der Waals surface area contributed by atoms with E-state index in [1.54, 1.807) is 0 Å². The quantitative estimate of drug-likeness (QED) is 0.688. The molecule has 0 aromatic carbocycles. The van der Waals surface area contributed by atoms with Crippen LogP contribution in [0.1, 0.15) is 58.8 Å². The maximum Gasteiger partial charge on any atom is 0.0584 e. The van der Waals surface area contributed by atoms with Gasteiger partial charge in [-0.15, -0.1) is 0 Å². The van der Waals surface area contributed by atoms with Gasteiger partial charge in [-0.25, -0.2) is 0 Å². The first-order valence-electron chi connectivity index (χ1n) is 6.67. The molecule has 1 aliphatic rings. The molecule has 2 unspecified atom stereocenters. The van der Waals surface area contributed by atoms with Crippen LogP contribution in [0.5, 0.6) is 0 Å². The minimum atomic E-state index is 0.282. The van der Waals surface area contributed by atoms with E-state index < -0.39 is 0 Å². The number of rotatable bonds is 5. The topological polar surface area (TPSA) is 32.3 Å². The summed E-state index contributed by atoms with van der Waals surface area (Å²) < 4.78 is 0. The molecule has 0 aromatic heterocycles. The Morgan fingerprint density at radius 2 is 2.00 bits per heavy atom. The smallest absolute Gasteiger partial charge is 0.0584 e. The third-order valence-electron chi connectivity index (χ3n) is 3.85. The van der Waals surface area contributed by atoms with Gasteiger partial charge in [0.2, 0.25) is 0 Å². The molecule has 0 amide bonds. The van der Waals surface area contributed by atoms with Crippen molar-refractivity contribution in [2.24, 2.45) is 5.92 Å². The summed E-state index contributed by atoms with van der Waals surface area (Å²) in [5.74, 6) is 0.950. The summed E-state index contributed by atoms with van der Waals surface area (Å²) in [6.45, 7) is 4.73. The van der Waals surface area contributed by atoms with E-state index in [-0.39, 0.29) is 6.61 Å². The lowest BCUT2D eigenvalue weighted by molar-refractivity contribution is 0.222. The summed E-state index contributed by atoms with van der Waals surface area (Å²) >= 11 is 0. The lowest BCUT2D eigenvalue weighted by atomic mass is 9.97. The van der Waals surface area contributed by atoms with Crippen LogP contribution in [-0.2, 0) is 0 Å². The molecule has 3 atom stereocenters. The number of aliphatic hydroxyl groups is 1. The molecule has 1 fully saturated rings. The van der Waals surface area contributed by atoms with Crippen LogP contribution in [0.2, 0.25) is 0 Å². The average molecular weight is 213 g/mol. The Hall–Kier alpha value is -0.0800. The Kier molecular flexibility index (Phi) is 6.26. The molecule has 0 aliphatic heterocycles. The van der Waals surface area contributed by atoms with Gasteiger partial charge < -0.3 is 10.4 Å². The van der Waals surface area contributed by atoms with E-state index in [9.17, 15) is 0 Å². The van der Waals surface area contributed by atoms with Crippen molar-refractivity contribution in [3.63, 3.8) is 0 Å². The number of hydrogen-bond acceptors (Lipinski definition) is 2. The second kappa shape index (κ2) is 7.24. The zero-order chi connectivity index (χ0) is 11.1. The molecule has 1 saturated carbocycles. The highest BCUT2D eigenvalue weighted by atomic mass is 16.3. The van der Waals surface area contributed by atoms with Gasteiger partial charge >= 0.3 is 0 Å². The molecule has 1 aliphatic carbocycles. The summed E-state index contributed by atoms with van der Waals surface area (Å²) in [7, 11) is 0. The van der Waals surface area contributed by atoms with Gasteiger partial charge in [-0.2, -0.15) is 0 Å². The molecule has 2 nitrogen and oxygen atoms in total. The van der Waals surface area contributed by atoms with E-state index >= 15 is 0 Å². The highest BCUT2D eigenvalue weighted by Crippen LogP contribution is 2.25. The van der Waals surface area contributed by atoms with Crippen LogP contribution in [0, 0.1) is 5.92 Å². The molecule has 0 spiro atoms. The van der Waals surface area contributed by atoms with Gasteiger partial charge in [0.05, 0.1) is 6.61 Å². The van der Waals surface area contributed by atoms with E-state index in [0.717, 1.165) is 12.3 Å². The molecule has 1 rings (SSSR count). The number of hydrogen-bond donors (Lipinski definition) is 2. The van der Waals surface area contributed by atoms with Gasteiger partial charge in [0.15, 0.2) is 0 Å². The summed E-state index contributed by atoms with van der Waals surface area (Å²) in [5, 5.41) is 12.8. The van der Waals surface area contributed by atoms with Crippen molar-refractivity contribution in [3.05, 3.63) is 0 Å². The van der Waals surface area contributed by atoms with E-state index in [1.165, 1.54) is 38.5 Å². The van der Waals surface area contributed by atoms with Gasteiger partial charge in [-0.1, -0.05) is 33.1 Å². The van der Waals surface area contributed by atoms with Crippen molar-refractivity contribution in [1.82, 2.24) is 5.32 Å². The van der Waals surface area contributed by atoms with Gasteiger partial charge in [-0.05, 0) is 31.6 Å². The van der Waals surface area contributed by atoms with Crippen molar-refractivity contribution in [2.75, 3.05) is 6.61 Å². The fraction of sp³-hybridized carbons (Fsp3) is 1.00. The standard InChI is InChI=1S/C13H27NO/c1-3-11-6-5-7-13(9-8-11)14-12(4-2)10-15/h11-15H,3-10H2,1-2H3/t11?,12-,13?/m0/s1. The molecule has 0 radical (unpaired) electrons. The zero-order valence-corrected chi connectivity index (χ0v) is 10.3. The number of nitrogens with one attached hydrogen (secondary N) is 1. The predicted molar refractivity (Wildman–Crippen MR) is 65.0 cm³/mol. The minimum absolute atomic E-state index is 0.282. The first kappa shape index (κ1) is 13.0. The van der Waals surface area contributed by atoms with Crippen LogP contribution in [0.3, 0.4) is 0 Å². The first-order valence-corrected chi connectivity index (χ1v) is 6.67. The van der Waals surface area contributed by atoms with Crippen LogP contribution in [0.4, 0.5) is 0 Å². The van der Waals surface area contributed by atoms with Gasteiger partial charge in [-0.3, -0.25) is 0 Å². The van der Waals surface area contributed by atoms with Crippen molar-refractivity contribution < 1.29 is 5.11 Å². The molecule has 2 heteroatoms. The maximum absolute atomic E-state index is 9.16. The Bertz CT molecular complexity index is 157.